The summed E-state index contributed by atoms with van der Waals surface area (Å²) in [6.07, 6.45) is 4.03. The molecule has 1 N–H and O–H groups in total. The zero-order chi connectivity index (χ0) is 21.0. The lowest BCUT2D eigenvalue weighted by Crippen LogP contribution is -2.53. The molecular weight excluding hydrogens is 473 g/mol. The highest BCUT2D eigenvalue weighted by molar-refractivity contribution is 14.1. The van der Waals surface area contributed by atoms with Crippen LogP contribution in [0.25, 0.3) is 0 Å². The van der Waals surface area contributed by atoms with Gasteiger partial charge in [-0.1, -0.05) is 33.8 Å². The first-order valence-corrected chi connectivity index (χ1v) is 13.8. The number of carbonyl (C=O) groups excluding carboxylic acids is 1. The summed E-state index contributed by atoms with van der Waals surface area (Å²) in [4.78, 5) is 14.2. The Morgan fingerprint density at radius 3 is 2.48 bits per heavy atom. The predicted octanol–water partition coefficient (Wildman–Crippen LogP) is 4.35. The van der Waals surface area contributed by atoms with Gasteiger partial charge in [-0.2, -0.15) is 0 Å². The zero-order valence-corrected chi connectivity index (χ0v) is 21.4. The van der Waals surface area contributed by atoms with Crippen molar-refractivity contribution >= 4 is 36.9 Å². The van der Waals surface area contributed by atoms with Crippen molar-refractivity contribution in [3.8, 4) is 0 Å². The molecule has 0 aliphatic carbocycles. The number of halogens is 1. The number of nitrogens with zero attached hydrogens (tertiary/aromatic N) is 1. The number of rotatable bonds is 8. The van der Waals surface area contributed by atoms with E-state index in [4.69, 9.17) is 9.16 Å². The van der Waals surface area contributed by atoms with Gasteiger partial charge in [-0.3, -0.25) is 4.90 Å². The molecule has 27 heavy (non-hydrogen) atoms. The molecule has 0 aromatic carbocycles. The second-order valence-electron chi connectivity index (χ2n) is 9.43. The van der Waals surface area contributed by atoms with Crippen molar-refractivity contribution in [2.75, 3.05) is 26.8 Å². The first-order valence-electron chi connectivity index (χ1n) is 9.77. The number of esters is 1. The van der Waals surface area contributed by atoms with E-state index in [-0.39, 0.29) is 11.1 Å². The molecule has 0 bridgehead atoms. The van der Waals surface area contributed by atoms with Crippen LogP contribution in [0.1, 0.15) is 47.5 Å². The molecule has 1 saturated heterocycles. The molecule has 5 nitrogen and oxygen atoms in total. The van der Waals surface area contributed by atoms with Gasteiger partial charge in [-0.15, -0.1) is 0 Å². The number of carbonyl (C=O) groups is 1. The average molecular weight is 512 g/mol. The molecule has 1 fully saturated rings. The number of methoxy groups -OCH3 is 1. The minimum Gasteiger partial charge on any atom is -0.467 e. The third kappa shape index (κ3) is 6.80. The van der Waals surface area contributed by atoms with E-state index in [1.165, 1.54) is 10.7 Å². The van der Waals surface area contributed by atoms with Crippen LogP contribution in [0, 0.1) is 5.92 Å². The molecule has 0 amide bonds. The van der Waals surface area contributed by atoms with Crippen molar-refractivity contribution in [1.29, 1.82) is 0 Å². The third-order valence-corrected chi connectivity index (χ3v) is 11.1. The fraction of sp³-hybridized carbons (Fsp3) is 0.850. The molecule has 0 saturated carbocycles. The van der Waals surface area contributed by atoms with Crippen LogP contribution in [0.3, 0.4) is 0 Å². The Bertz CT molecular complexity index is 543. The first kappa shape index (κ1) is 25.1. The summed E-state index contributed by atoms with van der Waals surface area (Å²) in [6.45, 7) is 17.4. The van der Waals surface area contributed by atoms with E-state index in [1.807, 2.05) is 0 Å². The summed E-state index contributed by atoms with van der Waals surface area (Å²) < 4.78 is 12.3. The van der Waals surface area contributed by atoms with Gasteiger partial charge < -0.3 is 14.3 Å². The minimum absolute atomic E-state index is 0.207. The summed E-state index contributed by atoms with van der Waals surface area (Å²) >= 11 is 2.37. The van der Waals surface area contributed by atoms with Crippen molar-refractivity contribution in [3.63, 3.8) is 0 Å². The highest BCUT2D eigenvalue weighted by Crippen LogP contribution is 2.37. The van der Waals surface area contributed by atoms with Crippen molar-refractivity contribution in [3.05, 3.63) is 9.66 Å². The van der Waals surface area contributed by atoms with Gasteiger partial charge in [0.05, 0.1) is 7.11 Å². The minimum atomic E-state index is -1.73. The molecule has 158 valence electrons. The lowest BCUT2D eigenvalue weighted by Gasteiger charge is -2.37. The van der Waals surface area contributed by atoms with Gasteiger partial charge in [-0.25, -0.2) is 4.79 Å². The van der Waals surface area contributed by atoms with Gasteiger partial charge in [0.15, 0.2) is 13.9 Å². The van der Waals surface area contributed by atoms with E-state index >= 15 is 0 Å². The van der Waals surface area contributed by atoms with Crippen LogP contribution in [-0.2, 0) is 14.0 Å². The van der Waals surface area contributed by atoms with Gasteiger partial charge in [0.2, 0.25) is 0 Å². The topological polar surface area (TPSA) is 59.0 Å². The van der Waals surface area contributed by atoms with E-state index in [0.29, 0.717) is 5.92 Å². The second kappa shape index (κ2) is 9.69. The Morgan fingerprint density at radius 1 is 1.37 bits per heavy atom. The summed E-state index contributed by atoms with van der Waals surface area (Å²) in [5.74, 6) is -0.234. The first-order chi connectivity index (χ1) is 12.2. The molecule has 0 spiro atoms. The predicted molar refractivity (Wildman–Crippen MR) is 122 cm³/mol. The molecule has 0 unspecified atom stereocenters. The Labute approximate surface area is 180 Å². The van der Waals surface area contributed by atoms with Crippen LogP contribution in [0.5, 0.6) is 0 Å². The molecule has 1 heterocycles. The van der Waals surface area contributed by atoms with Crippen LogP contribution >= 0.6 is 22.6 Å². The van der Waals surface area contributed by atoms with Crippen LogP contribution in [0.15, 0.2) is 9.66 Å². The van der Waals surface area contributed by atoms with E-state index in [2.05, 4.69) is 74.4 Å². The number of ether oxygens (including phenoxy) is 1. The summed E-state index contributed by atoms with van der Waals surface area (Å²) in [7, 11) is -0.411. The molecule has 1 aliphatic rings. The highest BCUT2D eigenvalue weighted by atomic mass is 127. The van der Waals surface area contributed by atoms with Gasteiger partial charge in [0.25, 0.3) is 0 Å². The van der Waals surface area contributed by atoms with Crippen LogP contribution < -0.4 is 0 Å². The van der Waals surface area contributed by atoms with Gasteiger partial charge in [-0.05, 0) is 73.0 Å². The number of likely N-dealkylation sites (tertiary alicyclic amines) is 1. The van der Waals surface area contributed by atoms with Crippen molar-refractivity contribution in [2.45, 2.75) is 77.2 Å². The van der Waals surface area contributed by atoms with Crippen LogP contribution in [0.2, 0.25) is 18.1 Å². The van der Waals surface area contributed by atoms with Crippen LogP contribution in [0.4, 0.5) is 0 Å². The van der Waals surface area contributed by atoms with Crippen molar-refractivity contribution in [2.24, 2.45) is 5.92 Å². The molecular formula is C20H38INO4Si. The normalized spacial score (nSPS) is 23.2. The Balaban J connectivity index is 2.68. The van der Waals surface area contributed by atoms with Gasteiger partial charge in [0.1, 0.15) is 0 Å². The van der Waals surface area contributed by atoms with Crippen LogP contribution in [-0.4, -0.2) is 62.7 Å². The summed E-state index contributed by atoms with van der Waals surface area (Å²) in [6, 6.07) is -0.207. The zero-order valence-electron chi connectivity index (χ0n) is 18.3. The number of aliphatic hydroxyl groups is 1. The highest BCUT2D eigenvalue weighted by Gasteiger charge is 2.45. The molecule has 1 aliphatic heterocycles. The summed E-state index contributed by atoms with van der Waals surface area (Å²) in [5.41, 5.74) is -1.47. The largest absolute Gasteiger partial charge is 0.467 e. The Kier molecular flexibility index (Phi) is 9.00. The van der Waals surface area contributed by atoms with Gasteiger partial charge in [0, 0.05) is 22.8 Å². The standard InChI is InChI=1S/C20H38INO4Si/c1-15(14-26-27(7,8)19(2,3)4)12-16(21)13-22-11-9-10-17(22)20(5,24)18(23)25-6/h12,15,17,24H,9-11,13-14H2,1-8H3/b16-12+/t15-,17-,20+/m0/s1. The SMILES string of the molecule is COC(=O)[C@](C)(O)[C@@H]1CCCN1C/C(I)=C\[C@H](C)CO[Si](C)(C)C(C)(C)C. The lowest BCUT2D eigenvalue weighted by atomic mass is 9.94. The maximum atomic E-state index is 12.0. The fourth-order valence-electron chi connectivity index (χ4n) is 3.15. The maximum absolute atomic E-state index is 12.0. The fourth-order valence-corrected chi connectivity index (χ4v) is 5.32. The third-order valence-electron chi connectivity index (χ3n) is 5.94. The molecule has 1 rings (SSSR count). The Morgan fingerprint density at radius 2 is 1.96 bits per heavy atom. The average Bonchev–Trinajstić information content (AvgIpc) is 2.99. The summed E-state index contributed by atoms with van der Waals surface area (Å²) in [5, 5.41) is 10.9. The maximum Gasteiger partial charge on any atom is 0.339 e. The van der Waals surface area contributed by atoms with E-state index in [1.54, 1.807) is 6.92 Å². The number of hydrogen-bond donors (Lipinski definition) is 1. The molecule has 0 aromatic rings. The smallest absolute Gasteiger partial charge is 0.339 e. The van der Waals surface area contributed by atoms with Crippen molar-refractivity contribution < 1.29 is 19.1 Å². The Hall–Kier alpha value is 0.0369. The van der Waals surface area contributed by atoms with E-state index in [0.717, 1.165) is 32.5 Å². The number of hydrogen-bond acceptors (Lipinski definition) is 5. The van der Waals surface area contributed by atoms with Gasteiger partial charge >= 0.3 is 5.97 Å². The van der Waals surface area contributed by atoms with E-state index < -0.39 is 19.9 Å². The second-order valence-corrected chi connectivity index (χ2v) is 15.6. The molecule has 0 radical (unpaired) electrons. The monoisotopic (exact) mass is 511 g/mol. The van der Waals surface area contributed by atoms with E-state index in [9.17, 15) is 9.90 Å². The van der Waals surface area contributed by atoms with Crippen molar-refractivity contribution in [1.82, 2.24) is 4.90 Å². The molecule has 3 atom stereocenters. The molecule has 0 aromatic heterocycles. The lowest BCUT2D eigenvalue weighted by molar-refractivity contribution is -0.166. The molecule has 7 heteroatoms. The quantitative estimate of drug-likeness (QED) is 0.298.